The molecule has 1 aromatic heterocycles. The maximum Gasteiger partial charge on any atom is 0.234 e. The lowest BCUT2D eigenvalue weighted by molar-refractivity contribution is -0.121. The SMILES string of the molecule is CCn1c(C)cc(CNCC(=O)NC(C)(C)C)c1C. The zero-order chi connectivity index (χ0) is 14.6. The van der Waals surface area contributed by atoms with E-state index in [9.17, 15) is 4.79 Å². The first-order chi connectivity index (χ1) is 8.74. The summed E-state index contributed by atoms with van der Waals surface area (Å²) < 4.78 is 2.28. The summed E-state index contributed by atoms with van der Waals surface area (Å²) >= 11 is 0. The molecule has 0 aliphatic rings. The van der Waals surface area contributed by atoms with Gasteiger partial charge in [0.25, 0.3) is 0 Å². The summed E-state index contributed by atoms with van der Waals surface area (Å²) in [6.45, 7) is 14.4. The highest BCUT2D eigenvalue weighted by atomic mass is 16.2. The van der Waals surface area contributed by atoms with Crippen molar-refractivity contribution in [3.63, 3.8) is 0 Å². The van der Waals surface area contributed by atoms with Gasteiger partial charge >= 0.3 is 0 Å². The van der Waals surface area contributed by atoms with Gasteiger partial charge in [0, 0.05) is 30.0 Å². The monoisotopic (exact) mass is 265 g/mol. The highest BCUT2D eigenvalue weighted by Crippen LogP contribution is 2.14. The molecule has 4 nitrogen and oxygen atoms in total. The Bertz CT molecular complexity index is 441. The van der Waals surface area contributed by atoms with Gasteiger partial charge in [0.15, 0.2) is 0 Å². The van der Waals surface area contributed by atoms with Gasteiger partial charge in [0.2, 0.25) is 5.91 Å². The summed E-state index contributed by atoms with van der Waals surface area (Å²) in [6.07, 6.45) is 0. The first-order valence-corrected chi connectivity index (χ1v) is 6.92. The van der Waals surface area contributed by atoms with Crippen molar-refractivity contribution in [1.29, 1.82) is 0 Å². The Hall–Kier alpha value is -1.29. The lowest BCUT2D eigenvalue weighted by Gasteiger charge is -2.20. The summed E-state index contributed by atoms with van der Waals surface area (Å²) in [5.41, 5.74) is 3.65. The number of rotatable bonds is 5. The van der Waals surface area contributed by atoms with Crippen LogP contribution in [0.2, 0.25) is 0 Å². The van der Waals surface area contributed by atoms with Crippen molar-refractivity contribution in [2.45, 2.75) is 60.2 Å². The van der Waals surface area contributed by atoms with Crippen LogP contribution >= 0.6 is 0 Å². The van der Waals surface area contributed by atoms with Crippen molar-refractivity contribution in [3.05, 3.63) is 23.0 Å². The van der Waals surface area contributed by atoms with E-state index >= 15 is 0 Å². The van der Waals surface area contributed by atoms with Gasteiger partial charge in [-0.1, -0.05) is 0 Å². The van der Waals surface area contributed by atoms with Crippen molar-refractivity contribution in [2.24, 2.45) is 0 Å². The number of amides is 1. The number of hydrogen-bond donors (Lipinski definition) is 2. The van der Waals surface area contributed by atoms with E-state index in [1.807, 2.05) is 20.8 Å². The van der Waals surface area contributed by atoms with E-state index in [0.717, 1.165) is 13.1 Å². The Morgan fingerprint density at radius 1 is 1.32 bits per heavy atom. The number of nitrogens with one attached hydrogen (secondary N) is 2. The average Bonchev–Trinajstić information content (AvgIpc) is 2.51. The Morgan fingerprint density at radius 2 is 1.95 bits per heavy atom. The molecule has 0 aliphatic carbocycles. The molecular weight excluding hydrogens is 238 g/mol. The summed E-state index contributed by atoms with van der Waals surface area (Å²) in [7, 11) is 0. The standard InChI is InChI=1S/C15H27N3O/c1-7-18-11(2)8-13(12(18)3)9-16-10-14(19)17-15(4,5)6/h8,16H,7,9-10H2,1-6H3,(H,17,19). The highest BCUT2D eigenvalue weighted by Gasteiger charge is 2.13. The fraction of sp³-hybridized carbons (Fsp3) is 0.667. The quantitative estimate of drug-likeness (QED) is 0.856. The number of carbonyl (C=O) groups excluding carboxylic acids is 1. The summed E-state index contributed by atoms with van der Waals surface area (Å²) in [5.74, 6) is 0.0387. The van der Waals surface area contributed by atoms with Crippen molar-refractivity contribution < 1.29 is 4.79 Å². The molecule has 0 bridgehead atoms. The lowest BCUT2D eigenvalue weighted by Crippen LogP contribution is -2.44. The lowest BCUT2D eigenvalue weighted by atomic mass is 10.1. The second-order valence-electron chi connectivity index (χ2n) is 6.04. The van der Waals surface area contributed by atoms with Crippen LogP contribution in [-0.2, 0) is 17.9 Å². The van der Waals surface area contributed by atoms with Gasteiger partial charge in [0.05, 0.1) is 6.54 Å². The predicted octanol–water partition coefficient (Wildman–Crippen LogP) is 2.13. The van der Waals surface area contributed by atoms with Crippen LogP contribution < -0.4 is 10.6 Å². The maximum absolute atomic E-state index is 11.7. The zero-order valence-corrected chi connectivity index (χ0v) is 13.1. The molecule has 0 aromatic carbocycles. The molecule has 0 aliphatic heterocycles. The van der Waals surface area contributed by atoms with Gasteiger partial charge in [-0.3, -0.25) is 4.79 Å². The fourth-order valence-electron chi connectivity index (χ4n) is 2.31. The largest absolute Gasteiger partial charge is 0.350 e. The van der Waals surface area contributed by atoms with Crippen LogP contribution in [0.4, 0.5) is 0 Å². The van der Waals surface area contributed by atoms with Gasteiger partial charge in [0.1, 0.15) is 0 Å². The molecule has 1 heterocycles. The molecule has 0 radical (unpaired) electrons. The zero-order valence-electron chi connectivity index (χ0n) is 13.1. The molecule has 1 amide bonds. The van der Waals surface area contributed by atoms with Crippen LogP contribution in [0.15, 0.2) is 6.07 Å². The molecule has 1 rings (SSSR count). The van der Waals surface area contributed by atoms with Crippen LogP contribution in [0, 0.1) is 13.8 Å². The summed E-state index contributed by atoms with van der Waals surface area (Å²) in [4.78, 5) is 11.7. The maximum atomic E-state index is 11.7. The van der Waals surface area contributed by atoms with Gasteiger partial charge in [-0.2, -0.15) is 0 Å². The van der Waals surface area contributed by atoms with Crippen molar-refractivity contribution in [3.8, 4) is 0 Å². The molecule has 0 saturated carbocycles. The summed E-state index contributed by atoms with van der Waals surface area (Å²) in [6, 6.07) is 2.19. The molecule has 0 saturated heterocycles. The molecular formula is C15H27N3O. The fourth-order valence-corrected chi connectivity index (χ4v) is 2.31. The smallest absolute Gasteiger partial charge is 0.234 e. The van der Waals surface area contributed by atoms with Gasteiger partial charge in [-0.15, -0.1) is 0 Å². The summed E-state index contributed by atoms with van der Waals surface area (Å²) in [5, 5.41) is 6.15. The number of aryl methyl sites for hydroxylation is 1. The minimum absolute atomic E-state index is 0.0387. The molecule has 0 unspecified atom stereocenters. The molecule has 19 heavy (non-hydrogen) atoms. The highest BCUT2D eigenvalue weighted by molar-refractivity contribution is 5.78. The van der Waals surface area contributed by atoms with Gasteiger partial charge < -0.3 is 15.2 Å². The number of carbonyl (C=O) groups is 1. The number of hydrogen-bond acceptors (Lipinski definition) is 2. The first-order valence-electron chi connectivity index (χ1n) is 6.92. The Balaban J connectivity index is 2.48. The van der Waals surface area contributed by atoms with Gasteiger partial charge in [-0.25, -0.2) is 0 Å². The normalized spacial score (nSPS) is 11.7. The van der Waals surface area contributed by atoms with Crippen molar-refractivity contribution in [2.75, 3.05) is 6.54 Å². The molecule has 108 valence electrons. The molecule has 0 spiro atoms. The van der Waals surface area contributed by atoms with Crippen LogP contribution in [0.1, 0.15) is 44.6 Å². The molecule has 4 heteroatoms. The van der Waals surface area contributed by atoms with E-state index in [2.05, 4.69) is 42.0 Å². The van der Waals surface area contributed by atoms with E-state index in [4.69, 9.17) is 0 Å². The third-order valence-electron chi connectivity index (χ3n) is 3.11. The minimum Gasteiger partial charge on any atom is -0.350 e. The van der Waals surface area contributed by atoms with Gasteiger partial charge in [-0.05, 0) is 53.2 Å². The third-order valence-corrected chi connectivity index (χ3v) is 3.11. The van der Waals surface area contributed by atoms with E-state index in [1.165, 1.54) is 17.0 Å². The van der Waals surface area contributed by atoms with E-state index in [1.54, 1.807) is 0 Å². The van der Waals surface area contributed by atoms with Crippen molar-refractivity contribution >= 4 is 5.91 Å². The number of aromatic nitrogens is 1. The average molecular weight is 265 g/mol. The Kier molecular flexibility index (Phi) is 5.18. The predicted molar refractivity (Wildman–Crippen MR) is 79.2 cm³/mol. The van der Waals surface area contributed by atoms with E-state index in [0.29, 0.717) is 6.54 Å². The third kappa shape index (κ3) is 4.71. The molecule has 0 fully saturated rings. The van der Waals surface area contributed by atoms with E-state index < -0.39 is 0 Å². The second-order valence-corrected chi connectivity index (χ2v) is 6.04. The van der Waals surface area contributed by atoms with Crippen LogP contribution in [0.5, 0.6) is 0 Å². The molecule has 1 aromatic rings. The Morgan fingerprint density at radius 3 is 2.42 bits per heavy atom. The Labute approximate surface area is 116 Å². The minimum atomic E-state index is -0.170. The topological polar surface area (TPSA) is 46.1 Å². The number of nitrogens with zero attached hydrogens (tertiary/aromatic N) is 1. The molecule has 0 atom stereocenters. The van der Waals surface area contributed by atoms with Crippen LogP contribution in [-0.4, -0.2) is 22.6 Å². The van der Waals surface area contributed by atoms with E-state index in [-0.39, 0.29) is 11.4 Å². The molecule has 2 N–H and O–H groups in total. The second kappa shape index (κ2) is 6.24. The van der Waals surface area contributed by atoms with Crippen molar-refractivity contribution in [1.82, 2.24) is 15.2 Å². The van der Waals surface area contributed by atoms with Crippen LogP contribution in [0.25, 0.3) is 0 Å². The first kappa shape index (κ1) is 15.8. The van der Waals surface area contributed by atoms with Crippen LogP contribution in [0.3, 0.4) is 0 Å².